The number of nitrogens with zero attached hydrogens (tertiary/aromatic N) is 4. The summed E-state index contributed by atoms with van der Waals surface area (Å²) in [4.78, 5) is 12.3. The fraction of sp³-hybridized carbons (Fsp3) is 0.0667. The second-order valence-electron chi connectivity index (χ2n) is 4.79. The number of aryl methyl sites for hydroxylation is 1. The Kier molecular flexibility index (Phi) is 4.27. The van der Waals surface area contributed by atoms with Gasteiger partial charge >= 0.3 is 0 Å². The van der Waals surface area contributed by atoms with Crippen LogP contribution in [0.2, 0.25) is 10.0 Å². The number of halogens is 2. The van der Waals surface area contributed by atoms with Crippen LogP contribution in [0.5, 0.6) is 0 Å². The van der Waals surface area contributed by atoms with E-state index in [1.807, 2.05) is 12.1 Å². The number of benzene rings is 2. The molecule has 0 aliphatic heterocycles. The Morgan fingerprint density at radius 3 is 2.65 bits per heavy atom. The van der Waals surface area contributed by atoms with E-state index in [2.05, 4.69) is 20.8 Å². The summed E-state index contributed by atoms with van der Waals surface area (Å²) < 4.78 is 1.56. The first kappa shape index (κ1) is 15.5. The van der Waals surface area contributed by atoms with E-state index in [0.29, 0.717) is 27.1 Å². The number of nitrogens with one attached hydrogen (secondary N) is 1. The monoisotopic (exact) mass is 347 g/mol. The first-order chi connectivity index (χ1) is 11.0. The molecule has 0 atom stereocenters. The minimum atomic E-state index is -0.281. The van der Waals surface area contributed by atoms with Gasteiger partial charge in [-0.05, 0) is 40.8 Å². The highest BCUT2D eigenvalue weighted by Gasteiger charge is 2.10. The zero-order valence-electron chi connectivity index (χ0n) is 12.0. The molecule has 2 aromatic carbocycles. The molecular formula is C15H11Cl2N5O. The molecule has 6 nitrogen and oxygen atoms in total. The highest BCUT2D eigenvalue weighted by atomic mass is 35.5. The lowest BCUT2D eigenvalue weighted by Gasteiger charge is -2.07. The number of aromatic nitrogens is 4. The van der Waals surface area contributed by atoms with Crippen molar-refractivity contribution >= 4 is 34.8 Å². The predicted molar refractivity (Wildman–Crippen MR) is 88.6 cm³/mol. The average Bonchev–Trinajstić information content (AvgIpc) is 2.96. The zero-order chi connectivity index (χ0) is 16.4. The largest absolute Gasteiger partial charge is 0.322 e. The fourth-order valence-corrected chi connectivity index (χ4v) is 2.35. The van der Waals surface area contributed by atoms with Gasteiger partial charge in [-0.15, -0.1) is 5.10 Å². The third-order valence-corrected chi connectivity index (χ3v) is 3.92. The van der Waals surface area contributed by atoms with Crippen LogP contribution in [0.25, 0.3) is 11.4 Å². The number of carbonyl (C=O) groups is 1. The maximum absolute atomic E-state index is 12.3. The van der Waals surface area contributed by atoms with Gasteiger partial charge in [0.05, 0.1) is 10.0 Å². The van der Waals surface area contributed by atoms with E-state index in [0.717, 1.165) is 5.56 Å². The lowest BCUT2D eigenvalue weighted by molar-refractivity contribution is 0.102. The van der Waals surface area contributed by atoms with E-state index in [1.165, 1.54) is 6.07 Å². The molecule has 3 rings (SSSR count). The Morgan fingerprint density at radius 1 is 1.13 bits per heavy atom. The minimum Gasteiger partial charge on any atom is -0.322 e. The van der Waals surface area contributed by atoms with Crippen molar-refractivity contribution in [3.8, 4) is 11.4 Å². The van der Waals surface area contributed by atoms with Crippen LogP contribution in [-0.2, 0) is 7.05 Å². The summed E-state index contributed by atoms with van der Waals surface area (Å²) in [5.74, 6) is 0.326. The van der Waals surface area contributed by atoms with E-state index >= 15 is 0 Å². The second-order valence-corrected chi connectivity index (χ2v) is 5.60. The van der Waals surface area contributed by atoms with Crippen molar-refractivity contribution < 1.29 is 4.79 Å². The topological polar surface area (TPSA) is 72.7 Å². The van der Waals surface area contributed by atoms with Gasteiger partial charge < -0.3 is 5.32 Å². The molecule has 1 aromatic heterocycles. The molecule has 116 valence electrons. The molecule has 0 aliphatic rings. The van der Waals surface area contributed by atoms with Crippen molar-refractivity contribution in [1.82, 2.24) is 20.2 Å². The smallest absolute Gasteiger partial charge is 0.255 e. The molecule has 0 bridgehead atoms. The van der Waals surface area contributed by atoms with Crippen molar-refractivity contribution in [3.05, 3.63) is 58.1 Å². The number of tetrazole rings is 1. The van der Waals surface area contributed by atoms with Crippen LogP contribution in [0.15, 0.2) is 42.5 Å². The van der Waals surface area contributed by atoms with Gasteiger partial charge in [0, 0.05) is 23.9 Å². The van der Waals surface area contributed by atoms with E-state index in [1.54, 1.807) is 36.0 Å². The van der Waals surface area contributed by atoms with Crippen molar-refractivity contribution in [3.63, 3.8) is 0 Å². The predicted octanol–water partition coefficient (Wildman–Crippen LogP) is 3.44. The number of hydrogen-bond acceptors (Lipinski definition) is 4. The van der Waals surface area contributed by atoms with Crippen LogP contribution >= 0.6 is 23.2 Å². The highest BCUT2D eigenvalue weighted by molar-refractivity contribution is 6.42. The summed E-state index contributed by atoms with van der Waals surface area (Å²) >= 11 is 11.8. The number of anilines is 1. The molecule has 3 aromatic rings. The van der Waals surface area contributed by atoms with Gasteiger partial charge in [-0.25, -0.2) is 4.68 Å². The van der Waals surface area contributed by atoms with Gasteiger partial charge in [-0.1, -0.05) is 35.3 Å². The molecule has 1 heterocycles. The summed E-state index contributed by atoms with van der Waals surface area (Å²) in [5.41, 5.74) is 1.84. The molecule has 1 N–H and O–H groups in total. The average molecular weight is 348 g/mol. The number of carbonyl (C=O) groups excluding carboxylic acids is 1. The molecule has 0 radical (unpaired) electrons. The number of rotatable bonds is 3. The van der Waals surface area contributed by atoms with Crippen LogP contribution in [0.1, 0.15) is 10.4 Å². The maximum Gasteiger partial charge on any atom is 0.255 e. The molecule has 0 spiro atoms. The van der Waals surface area contributed by atoms with Gasteiger partial charge in [0.1, 0.15) is 0 Å². The van der Waals surface area contributed by atoms with E-state index in [4.69, 9.17) is 23.2 Å². The van der Waals surface area contributed by atoms with Gasteiger partial charge in [0.15, 0.2) is 5.82 Å². The van der Waals surface area contributed by atoms with Crippen LogP contribution in [0, 0.1) is 0 Å². The van der Waals surface area contributed by atoms with Crippen molar-refractivity contribution in [1.29, 1.82) is 0 Å². The van der Waals surface area contributed by atoms with Crippen molar-refractivity contribution in [2.75, 3.05) is 5.32 Å². The molecule has 0 unspecified atom stereocenters. The quantitative estimate of drug-likeness (QED) is 0.787. The summed E-state index contributed by atoms with van der Waals surface area (Å²) in [7, 11) is 1.75. The van der Waals surface area contributed by atoms with Gasteiger partial charge in [-0.3, -0.25) is 4.79 Å². The molecule has 0 aliphatic carbocycles. The van der Waals surface area contributed by atoms with Crippen LogP contribution < -0.4 is 5.32 Å². The highest BCUT2D eigenvalue weighted by Crippen LogP contribution is 2.24. The Labute approximate surface area is 142 Å². The summed E-state index contributed by atoms with van der Waals surface area (Å²) in [6.45, 7) is 0. The van der Waals surface area contributed by atoms with Crippen LogP contribution in [-0.4, -0.2) is 26.1 Å². The summed E-state index contributed by atoms with van der Waals surface area (Å²) in [6, 6.07) is 12.0. The first-order valence-electron chi connectivity index (χ1n) is 6.64. The van der Waals surface area contributed by atoms with Crippen LogP contribution in [0.3, 0.4) is 0 Å². The normalized spacial score (nSPS) is 10.6. The van der Waals surface area contributed by atoms with Crippen LogP contribution in [0.4, 0.5) is 5.69 Å². The Morgan fingerprint density at radius 2 is 1.96 bits per heavy atom. The third-order valence-electron chi connectivity index (χ3n) is 3.18. The zero-order valence-corrected chi connectivity index (χ0v) is 13.5. The molecule has 0 fully saturated rings. The van der Waals surface area contributed by atoms with E-state index in [9.17, 15) is 4.79 Å². The number of amides is 1. The minimum absolute atomic E-state index is 0.281. The van der Waals surface area contributed by atoms with E-state index in [-0.39, 0.29) is 5.91 Å². The van der Waals surface area contributed by atoms with Gasteiger partial charge in [0.2, 0.25) is 0 Å². The lowest BCUT2D eigenvalue weighted by atomic mass is 10.1. The SMILES string of the molecule is Cn1nnnc1-c1cccc(NC(=O)c2ccc(Cl)c(Cl)c2)c1. The fourth-order valence-electron chi connectivity index (χ4n) is 2.05. The standard InChI is InChI=1S/C15H11Cl2N5O/c1-22-14(19-20-21-22)9-3-2-4-11(7-9)18-15(23)10-5-6-12(16)13(17)8-10/h2-8H,1H3,(H,18,23). The van der Waals surface area contributed by atoms with Crippen molar-refractivity contribution in [2.45, 2.75) is 0 Å². The maximum atomic E-state index is 12.3. The number of hydrogen-bond donors (Lipinski definition) is 1. The van der Waals surface area contributed by atoms with Gasteiger partial charge in [0.25, 0.3) is 5.91 Å². The Bertz CT molecular complexity index is 878. The molecule has 0 saturated carbocycles. The summed E-state index contributed by atoms with van der Waals surface area (Å²) in [5, 5.41) is 14.9. The molecule has 8 heteroatoms. The van der Waals surface area contributed by atoms with Gasteiger partial charge in [-0.2, -0.15) is 0 Å². The molecule has 1 amide bonds. The second kappa shape index (κ2) is 6.36. The first-order valence-corrected chi connectivity index (χ1v) is 7.39. The summed E-state index contributed by atoms with van der Waals surface area (Å²) in [6.07, 6.45) is 0. The molecule has 0 saturated heterocycles. The van der Waals surface area contributed by atoms with E-state index < -0.39 is 0 Å². The Hall–Kier alpha value is -2.44. The lowest BCUT2D eigenvalue weighted by Crippen LogP contribution is -2.11. The molecule has 23 heavy (non-hydrogen) atoms. The Balaban J connectivity index is 1.84. The molecular weight excluding hydrogens is 337 g/mol. The third kappa shape index (κ3) is 3.33. The van der Waals surface area contributed by atoms with Crippen molar-refractivity contribution in [2.24, 2.45) is 7.05 Å².